The lowest BCUT2D eigenvalue weighted by Gasteiger charge is -2.23. The molecule has 2 rings (SSSR count). The summed E-state index contributed by atoms with van der Waals surface area (Å²) >= 11 is 0. The lowest BCUT2D eigenvalue weighted by atomic mass is 9.99. The predicted molar refractivity (Wildman–Crippen MR) is 78.4 cm³/mol. The third-order valence-corrected chi connectivity index (χ3v) is 4.64. The summed E-state index contributed by atoms with van der Waals surface area (Å²) in [4.78, 5) is 0. The van der Waals surface area contributed by atoms with Gasteiger partial charge >= 0.3 is 0 Å². The molecule has 1 heterocycles. The van der Waals surface area contributed by atoms with Gasteiger partial charge in [-0.05, 0) is 56.9 Å². The van der Waals surface area contributed by atoms with Gasteiger partial charge in [-0.2, -0.15) is 0 Å². The summed E-state index contributed by atoms with van der Waals surface area (Å²) in [7, 11) is 0. The van der Waals surface area contributed by atoms with E-state index in [2.05, 4.69) is 12.2 Å². The molecule has 0 radical (unpaired) electrons. The molecule has 3 heteroatoms. The Morgan fingerprint density at radius 2 is 2.00 bits per heavy atom. The van der Waals surface area contributed by atoms with Crippen LogP contribution in [0.1, 0.15) is 51.9 Å². The molecule has 2 aliphatic rings. The van der Waals surface area contributed by atoms with Crippen LogP contribution in [0.5, 0.6) is 0 Å². The molecule has 3 nitrogen and oxygen atoms in total. The van der Waals surface area contributed by atoms with Crippen LogP contribution in [0.25, 0.3) is 0 Å². The highest BCUT2D eigenvalue weighted by Crippen LogP contribution is 2.28. The molecule has 2 fully saturated rings. The largest absolute Gasteiger partial charge is 0.381 e. The van der Waals surface area contributed by atoms with Crippen LogP contribution < -0.4 is 5.32 Å². The molecule has 0 aromatic carbocycles. The van der Waals surface area contributed by atoms with Crippen molar-refractivity contribution >= 4 is 0 Å². The van der Waals surface area contributed by atoms with E-state index >= 15 is 0 Å². The van der Waals surface area contributed by atoms with Gasteiger partial charge in [0, 0.05) is 32.5 Å². The second-order valence-electron chi connectivity index (χ2n) is 6.17. The first-order valence-electron chi connectivity index (χ1n) is 8.29. The van der Waals surface area contributed by atoms with E-state index in [9.17, 15) is 0 Å². The first-order chi connectivity index (χ1) is 9.40. The molecule has 1 N–H and O–H groups in total. The van der Waals surface area contributed by atoms with Gasteiger partial charge in [0.15, 0.2) is 0 Å². The van der Waals surface area contributed by atoms with Crippen LogP contribution in [0, 0.1) is 11.8 Å². The van der Waals surface area contributed by atoms with Gasteiger partial charge in [0.05, 0.1) is 0 Å². The average molecular weight is 269 g/mol. The Hall–Kier alpha value is -0.120. The second kappa shape index (κ2) is 8.93. The zero-order valence-corrected chi connectivity index (χ0v) is 12.5. The predicted octanol–water partition coefficient (Wildman–Crippen LogP) is 2.99. The van der Waals surface area contributed by atoms with Gasteiger partial charge in [0.2, 0.25) is 0 Å². The first kappa shape index (κ1) is 15.3. The fourth-order valence-electron chi connectivity index (χ4n) is 3.38. The van der Waals surface area contributed by atoms with E-state index in [1.807, 2.05) is 0 Å². The van der Waals surface area contributed by atoms with Crippen LogP contribution in [0.4, 0.5) is 0 Å². The monoisotopic (exact) mass is 269 g/mol. The van der Waals surface area contributed by atoms with E-state index in [1.165, 1.54) is 51.5 Å². The quantitative estimate of drug-likeness (QED) is 0.687. The number of hydrogen-bond acceptors (Lipinski definition) is 3. The van der Waals surface area contributed by atoms with Gasteiger partial charge in [-0.3, -0.25) is 0 Å². The van der Waals surface area contributed by atoms with Crippen LogP contribution in [0.2, 0.25) is 0 Å². The molecule has 112 valence electrons. The molecule has 0 spiro atoms. The van der Waals surface area contributed by atoms with E-state index in [1.54, 1.807) is 0 Å². The van der Waals surface area contributed by atoms with Crippen molar-refractivity contribution in [1.29, 1.82) is 0 Å². The molecule has 1 aliphatic heterocycles. The summed E-state index contributed by atoms with van der Waals surface area (Å²) in [6, 6.07) is 0.756. The smallest absolute Gasteiger partial charge is 0.0495 e. The van der Waals surface area contributed by atoms with Crippen molar-refractivity contribution in [3.63, 3.8) is 0 Å². The van der Waals surface area contributed by atoms with Gasteiger partial charge in [-0.15, -0.1) is 0 Å². The normalized spacial score (nSPS) is 28.9. The van der Waals surface area contributed by atoms with Crippen LogP contribution >= 0.6 is 0 Å². The highest BCUT2D eigenvalue weighted by atomic mass is 16.5. The lowest BCUT2D eigenvalue weighted by Crippen LogP contribution is -2.33. The fraction of sp³-hybridized carbons (Fsp3) is 1.00. The Labute approximate surface area is 118 Å². The molecule has 0 aromatic rings. The molecule has 2 atom stereocenters. The molecule has 19 heavy (non-hydrogen) atoms. The van der Waals surface area contributed by atoms with Gasteiger partial charge in [0.1, 0.15) is 0 Å². The van der Waals surface area contributed by atoms with Crippen LogP contribution in [0.3, 0.4) is 0 Å². The fourth-order valence-corrected chi connectivity index (χ4v) is 3.38. The maximum Gasteiger partial charge on any atom is 0.0495 e. The molecule has 1 saturated heterocycles. The summed E-state index contributed by atoms with van der Waals surface area (Å²) in [6.07, 6.45) is 9.00. The average Bonchev–Trinajstić information content (AvgIpc) is 2.90. The minimum Gasteiger partial charge on any atom is -0.381 e. The summed E-state index contributed by atoms with van der Waals surface area (Å²) in [5.74, 6) is 1.59. The maximum atomic E-state index is 5.90. The molecule has 0 bridgehead atoms. The van der Waals surface area contributed by atoms with E-state index < -0.39 is 0 Å². The van der Waals surface area contributed by atoms with E-state index in [0.717, 1.165) is 44.3 Å². The molecule has 1 saturated carbocycles. The van der Waals surface area contributed by atoms with Crippen molar-refractivity contribution in [2.45, 2.75) is 57.9 Å². The van der Waals surface area contributed by atoms with Crippen LogP contribution in [0.15, 0.2) is 0 Å². The Kier molecular flexibility index (Phi) is 7.18. The van der Waals surface area contributed by atoms with Gasteiger partial charge in [0.25, 0.3) is 0 Å². The van der Waals surface area contributed by atoms with Crippen molar-refractivity contribution in [3.8, 4) is 0 Å². The summed E-state index contributed by atoms with van der Waals surface area (Å²) in [6.45, 7) is 7.17. The van der Waals surface area contributed by atoms with E-state index in [0.29, 0.717) is 0 Å². The van der Waals surface area contributed by atoms with Crippen molar-refractivity contribution in [2.75, 3.05) is 33.0 Å². The summed E-state index contributed by atoms with van der Waals surface area (Å²) < 4.78 is 11.3. The number of ether oxygens (including phenoxy) is 2. The van der Waals surface area contributed by atoms with Crippen molar-refractivity contribution in [1.82, 2.24) is 5.32 Å². The SMILES string of the molecule is CCCNC1CCCC1CCOCC1CCOCC1. The highest BCUT2D eigenvalue weighted by molar-refractivity contribution is 4.82. The summed E-state index contributed by atoms with van der Waals surface area (Å²) in [5, 5.41) is 3.70. The van der Waals surface area contributed by atoms with Gasteiger partial charge in [-0.1, -0.05) is 13.3 Å². The first-order valence-corrected chi connectivity index (χ1v) is 8.29. The van der Waals surface area contributed by atoms with Crippen LogP contribution in [-0.4, -0.2) is 39.0 Å². The standard InChI is InChI=1S/C16H31NO2/c1-2-9-17-16-5-3-4-15(16)8-12-19-13-14-6-10-18-11-7-14/h14-17H,2-13H2,1H3. The van der Waals surface area contributed by atoms with E-state index in [-0.39, 0.29) is 0 Å². The lowest BCUT2D eigenvalue weighted by molar-refractivity contribution is 0.0172. The second-order valence-corrected chi connectivity index (χ2v) is 6.17. The number of rotatable bonds is 8. The Bertz CT molecular complexity index is 229. The highest BCUT2D eigenvalue weighted by Gasteiger charge is 2.26. The topological polar surface area (TPSA) is 30.5 Å². The zero-order chi connectivity index (χ0) is 13.3. The van der Waals surface area contributed by atoms with Gasteiger partial charge < -0.3 is 14.8 Å². The van der Waals surface area contributed by atoms with Crippen molar-refractivity contribution in [3.05, 3.63) is 0 Å². The maximum absolute atomic E-state index is 5.90. The third-order valence-electron chi connectivity index (χ3n) is 4.64. The molecular weight excluding hydrogens is 238 g/mol. The molecule has 1 aliphatic carbocycles. The number of hydrogen-bond donors (Lipinski definition) is 1. The molecule has 0 aromatic heterocycles. The number of nitrogens with one attached hydrogen (secondary N) is 1. The van der Waals surface area contributed by atoms with E-state index in [4.69, 9.17) is 9.47 Å². The Balaban J connectivity index is 1.54. The zero-order valence-electron chi connectivity index (χ0n) is 12.5. The minimum atomic E-state index is 0.742. The summed E-state index contributed by atoms with van der Waals surface area (Å²) in [5.41, 5.74) is 0. The van der Waals surface area contributed by atoms with Crippen LogP contribution in [-0.2, 0) is 9.47 Å². The Morgan fingerprint density at radius 3 is 2.79 bits per heavy atom. The molecular formula is C16H31NO2. The Morgan fingerprint density at radius 1 is 1.16 bits per heavy atom. The van der Waals surface area contributed by atoms with Crippen molar-refractivity contribution in [2.24, 2.45) is 11.8 Å². The minimum absolute atomic E-state index is 0.742. The molecule has 2 unspecified atom stereocenters. The molecule has 0 amide bonds. The van der Waals surface area contributed by atoms with Gasteiger partial charge in [-0.25, -0.2) is 0 Å². The van der Waals surface area contributed by atoms with Crippen molar-refractivity contribution < 1.29 is 9.47 Å². The third kappa shape index (κ3) is 5.41.